The van der Waals surface area contributed by atoms with Gasteiger partial charge in [0.1, 0.15) is 5.75 Å². The Morgan fingerprint density at radius 2 is 1.94 bits per heavy atom. The van der Waals surface area contributed by atoms with Crippen LogP contribution in [0.5, 0.6) is 0 Å². The molecule has 1 rings (SSSR count). The molecule has 0 spiro atoms. The third kappa shape index (κ3) is 4.85. The maximum atomic E-state index is 11.5. The quantitative estimate of drug-likeness (QED) is 0.778. The second kappa shape index (κ2) is 6.51. The summed E-state index contributed by atoms with van der Waals surface area (Å²) in [4.78, 5) is 11.5. The number of hydrogen-bond donors (Lipinski definition) is 2. The van der Waals surface area contributed by atoms with Crippen molar-refractivity contribution in [2.24, 2.45) is 0 Å². The molecular formula is C12H17NO4S. The molecule has 0 fully saturated rings. The summed E-state index contributed by atoms with van der Waals surface area (Å²) in [6.45, 7) is 1.32. The Balaban J connectivity index is 2.56. The van der Waals surface area contributed by atoms with Crippen molar-refractivity contribution >= 4 is 15.7 Å². The molecule has 0 saturated heterocycles. The lowest BCUT2D eigenvalue weighted by molar-refractivity contribution is -0.119. The van der Waals surface area contributed by atoms with E-state index in [1.165, 1.54) is 0 Å². The molecular weight excluding hydrogens is 254 g/mol. The Hall–Kier alpha value is -1.40. The molecule has 1 aromatic rings. The number of sulfone groups is 1. The summed E-state index contributed by atoms with van der Waals surface area (Å²) in [5, 5.41) is 11.2. The molecule has 0 aromatic heterocycles. The number of carbonyl (C=O) groups excluding carboxylic acids is 1. The molecule has 5 nitrogen and oxygen atoms in total. The van der Waals surface area contributed by atoms with Crippen LogP contribution in [0.2, 0.25) is 0 Å². The number of rotatable bonds is 6. The summed E-state index contributed by atoms with van der Waals surface area (Å²) in [5.74, 6) is -1.54. The molecule has 0 bridgehead atoms. The van der Waals surface area contributed by atoms with Gasteiger partial charge in [0.15, 0.2) is 9.84 Å². The van der Waals surface area contributed by atoms with Crippen LogP contribution < -0.4 is 5.32 Å². The molecule has 0 aliphatic carbocycles. The fraction of sp³-hybridized carbons (Fsp3) is 0.417. The normalized spacial score (nSPS) is 13.0. The van der Waals surface area contributed by atoms with E-state index in [4.69, 9.17) is 5.11 Å². The lowest BCUT2D eigenvalue weighted by Gasteiger charge is -2.14. The second-order valence-corrected chi connectivity index (χ2v) is 6.20. The Bertz CT molecular complexity index is 484. The van der Waals surface area contributed by atoms with E-state index in [0.29, 0.717) is 0 Å². The number of benzene rings is 1. The lowest BCUT2D eigenvalue weighted by atomic mass is 10.1. The van der Waals surface area contributed by atoms with Gasteiger partial charge in [0.25, 0.3) is 0 Å². The summed E-state index contributed by atoms with van der Waals surface area (Å²) < 4.78 is 22.7. The fourth-order valence-electron chi connectivity index (χ4n) is 1.52. The van der Waals surface area contributed by atoms with Crippen LogP contribution in [0.3, 0.4) is 0 Å². The molecule has 2 N–H and O–H groups in total. The van der Waals surface area contributed by atoms with Crippen molar-refractivity contribution in [1.82, 2.24) is 5.32 Å². The molecule has 0 aliphatic rings. The van der Waals surface area contributed by atoms with Crippen LogP contribution in [-0.4, -0.2) is 37.5 Å². The topological polar surface area (TPSA) is 83.5 Å². The van der Waals surface area contributed by atoms with Crippen molar-refractivity contribution in [2.75, 3.05) is 18.1 Å². The Labute approximate surface area is 107 Å². The van der Waals surface area contributed by atoms with E-state index in [9.17, 15) is 13.2 Å². The first-order valence-electron chi connectivity index (χ1n) is 5.60. The van der Waals surface area contributed by atoms with Gasteiger partial charge >= 0.3 is 0 Å². The minimum absolute atomic E-state index is 0.247. The fourth-order valence-corrected chi connectivity index (χ4v) is 2.42. The van der Waals surface area contributed by atoms with Gasteiger partial charge in [-0.1, -0.05) is 30.3 Å². The van der Waals surface area contributed by atoms with Gasteiger partial charge in [0.2, 0.25) is 5.91 Å². The smallest absolute Gasteiger partial charge is 0.235 e. The number of aliphatic hydroxyl groups excluding tert-OH is 1. The standard InChI is InChI=1S/C12H17NO4S/c1-10(11-5-3-2-4-6-11)13-12(15)9-18(16,17)8-7-14/h2-6,10,14H,7-9H2,1H3,(H,13,15). The van der Waals surface area contributed by atoms with E-state index in [1.54, 1.807) is 6.92 Å². The molecule has 0 radical (unpaired) electrons. The van der Waals surface area contributed by atoms with E-state index >= 15 is 0 Å². The highest BCUT2D eigenvalue weighted by atomic mass is 32.2. The van der Waals surface area contributed by atoms with Crippen molar-refractivity contribution in [1.29, 1.82) is 0 Å². The third-order valence-electron chi connectivity index (χ3n) is 2.43. The maximum absolute atomic E-state index is 11.5. The van der Waals surface area contributed by atoms with E-state index in [1.807, 2.05) is 30.3 Å². The summed E-state index contributed by atoms with van der Waals surface area (Å²) in [7, 11) is -3.52. The van der Waals surface area contributed by atoms with E-state index in [0.717, 1.165) is 5.56 Å². The monoisotopic (exact) mass is 271 g/mol. The summed E-state index contributed by atoms with van der Waals surface area (Å²) in [5.41, 5.74) is 0.908. The minimum Gasteiger partial charge on any atom is -0.395 e. The largest absolute Gasteiger partial charge is 0.395 e. The van der Waals surface area contributed by atoms with Gasteiger partial charge < -0.3 is 10.4 Å². The average Bonchev–Trinajstić information content (AvgIpc) is 2.28. The first-order chi connectivity index (χ1) is 8.44. The Kier molecular flexibility index (Phi) is 5.30. The van der Waals surface area contributed by atoms with Crippen LogP contribution in [-0.2, 0) is 14.6 Å². The molecule has 0 aliphatic heterocycles. The number of nitrogens with one attached hydrogen (secondary N) is 1. The molecule has 0 heterocycles. The molecule has 6 heteroatoms. The van der Waals surface area contributed by atoms with Gasteiger partial charge in [-0.25, -0.2) is 8.42 Å². The zero-order chi connectivity index (χ0) is 13.6. The van der Waals surface area contributed by atoms with Gasteiger partial charge in [0.05, 0.1) is 18.4 Å². The lowest BCUT2D eigenvalue weighted by Crippen LogP contribution is -2.33. The molecule has 1 aromatic carbocycles. The van der Waals surface area contributed by atoms with Crippen LogP contribution in [0.4, 0.5) is 0 Å². The average molecular weight is 271 g/mol. The third-order valence-corrected chi connectivity index (χ3v) is 3.94. The van der Waals surface area contributed by atoms with E-state index < -0.39 is 28.1 Å². The molecule has 0 saturated carbocycles. The van der Waals surface area contributed by atoms with E-state index in [-0.39, 0.29) is 11.8 Å². The second-order valence-electron chi connectivity index (χ2n) is 4.02. The van der Waals surface area contributed by atoms with Crippen molar-refractivity contribution in [2.45, 2.75) is 13.0 Å². The predicted octanol–water partition coefficient (Wildman–Crippen LogP) is 0.271. The Morgan fingerprint density at radius 3 is 2.50 bits per heavy atom. The molecule has 1 atom stereocenters. The Morgan fingerprint density at radius 1 is 1.33 bits per heavy atom. The first-order valence-corrected chi connectivity index (χ1v) is 7.42. The highest BCUT2D eigenvalue weighted by Gasteiger charge is 2.17. The van der Waals surface area contributed by atoms with Gasteiger partial charge in [-0.15, -0.1) is 0 Å². The van der Waals surface area contributed by atoms with Crippen LogP contribution >= 0.6 is 0 Å². The van der Waals surface area contributed by atoms with Gasteiger partial charge in [-0.3, -0.25) is 4.79 Å². The SMILES string of the molecule is CC(NC(=O)CS(=O)(=O)CCO)c1ccccc1. The highest BCUT2D eigenvalue weighted by molar-refractivity contribution is 7.92. The molecule has 18 heavy (non-hydrogen) atoms. The molecule has 100 valence electrons. The van der Waals surface area contributed by atoms with Crippen LogP contribution in [0.25, 0.3) is 0 Å². The van der Waals surface area contributed by atoms with Crippen LogP contribution in [0.1, 0.15) is 18.5 Å². The number of aliphatic hydroxyl groups is 1. The van der Waals surface area contributed by atoms with Crippen molar-refractivity contribution in [3.05, 3.63) is 35.9 Å². The number of amides is 1. The maximum Gasteiger partial charge on any atom is 0.235 e. The van der Waals surface area contributed by atoms with Gasteiger partial charge in [-0.2, -0.15) is 0 Å². The van der Waals surface area contributed by atoms with Crippen LogP contribution in [0.15, 0.2) is 30.3 Å². The van der Waals surface area contributed by atoms with Crippen LogP contribution in [0, 0.1) is 0 Å². The van der Waals surface area contributed by atoms with Crippen molar-refractivity contribution in [3.8, 4) is 0 Å². The zero-order valence-corrected chi connectivity index (χ0v) is 11.0. The highest BCUT2D eigenvalue weighted by Crippen LogP contribution is 2.10. The minimum atomic E-state index is -3.52. The number of hydrogen-bond acceptors (Lipinski definition) is 4. The summed E-state index contributed by atoms with van der Waals surface area (Å²) >= 11 is 0. The first kappa shape index (κ1) is 14.7. The van der Waals surface area contributed by atoms with Gasteiger partial charge in [-0.05, 0) is 12.5 Å². The van der Waals surface area contributed by atoms with E-state index in [2.05, 4.69) is 5.32 Å². The molecule has 1 amide bonds. The molecule has 1 unspecified atom stereocenters. The zero-order valence-electron chi connectivity index (χ0n) is 10.2. The van der Waals surface area contributed by atoms with Crippen molar-refractivity contribution < 1.29 is 18.3 Å². The predicted molar refractivity (Wildman–Crippen MR) is 68.7 cm³/mol. The summed E-state index contributed by atoms with van der Waals surface area (Å²) in [6, 6.07) is 9.02. The summed E-state index contributed by atoms with van der Waals surface area (Å²) in [6.07, 6.45) is 0. The number of carbonyl (C=O) groups is 1. The van der Waals surface area contributed by atoms with Crippen molar-refractivity contribution in [3.63, 3.8) is 0 Å². The van der Waals surface area contributed by atoms with Gasteiger partial charge in [0, 0.05) is 0 Å².